The summed E-state index contributed by atoms with van der Waals surface area (Å²) < 4.78 is 7.56. The van der Waals surface area contributed by atoms with Gasteiger partial charge in [-0.25, -0.2) is 0 Å². The third-order valence-corrected chi connectivity index (χ3v) is 6.35. The standard InChI is InChI=1S/C28H28N2O4/c31-23-9-4-20(5-10-23)27-18-21-6-11-24(32)19-26(21)28(33)30(27)22-7-12-25(13-8-22)34-17-3-16-29-14-1-2-15-29/h4-13,18-19,31-32H,1-3,14-17H2. The molecule has 1 aliphatic heterocycles. The Balaban J connectivity index is 1.45. The molecule has 6 nitrogen and oxygen atoms in total. The lowest BCUT2D eigenvalue weighted by molar-refractivity contribution is 0.263. The summed E-state index contributed by atoms with van der Waals surface area (Å²) in [6.45, 7) is 4.10. The lowest BCUT2D eigenvalue weighted by Gasteiger charge is -2.16. The Hall–Kier alpha value is -3.77. The molecular weight excluding hydrogens is 428 g/mol. The van der Waals surface area contributed by atoms with Crippen molar-refractivity contribution in [3.05, 3.63) is 83.2 Å². The lowest BCUT2D eigenvalue weighted by Crippen LogP contribution is -2.22. The van der Waals surface area contributed by atoms with Crippen molar-refractivity contribution in [2.75, 3.05) is 26.2 Å². The number of pyridine rings is 1. The van der Waals surface area contributed by atoms with Crippen molar-refractivity contribution in [3.8, 4) is 34.2 Å². The average molecular weight is 457 g/mol. The molecule has 5 rings (SSSR count). The Morgan fingerprint density at radius 3 is 2.26 bits per heavy atom. The van der Waals surface area contributed by atoms with Crippen LogP contribution < -0.4 is 10.3 Å². The second-order valence-corrected chi connectivity index (χ2v) is 8.73. The first-order chi connectivity index (χ1) is 16.6. The van der Waals surface area contributed by atoms with Gasteiger partial charge in [-0.3, -0.25) is 9.36 Å². The molecule has 0 spiro atoms. The van der Waals surface area contributed by atoms with Crippen molar-refractivity contribution in [2.24, 2.45) is 0 Å². The number of likely N-dealkylation sites (tertiary alicyclic amines) is 1. The molecule has 0 bridgehead atoms. The zero-order chi connectivity index (χ0) is 23.5. The number of phenols is 2. The molecule has 0 amide bonds. The van der Waals surface area contributed by atoms with E-state index in [1.807, 2.05) is 30.3 Å². The van der Waals surface area contributed by atoms with E-state index in [2.05, 4.69) is 4.90 Å². The zero-order valence-electron chi connectivity index (χ0n) is 19.0. The van der Waals surface area contributed by atoms with Crippen LogP contribution in [0.5, 0.6) is 17.2 Å². The van der Waals surface area contributed by atoms with Crippen LogP contribution in [0.4, 0.5) is 0 Å². The summed E-state index contributed by atoms with van der Waals surface area (Å²) >= 11 is 0. The van der Waals surface area contributed by atoms with E-state index < -0.39 is 0 Å². The van der Waals surface area contributed by atoms with Crippen LogP contribution in [0, 0.1) is 0 Å². The summed E-state index contributed by atoms with van der Waals surface area (Å²) in [4.78, 5) is 16.0. The maximum absolute atomic E-state index is 13.5. The molecule has 0 aliphatic carbocycles. The van der Waals surface area contributed by atoms with Gasteiger partial charge in [0.15, 0.2) is 0 Å². The zero-order valence-corrected chi connectivity index (χ0v) is 19.0. The number of hydrogen-bond donors (Lipinski definition) is 2. The largest absolute Gasteiger partial charge is 0.508 e. The highest BCUT2D eigenvalue weighted by Crippen LogP contribution is 2.28. The Kier molecular flexibility index (Phi) is 6.23. The second-order valence-electron chi connectivity index (χ2n) is 8.73. The van der Waals surface area contributed by atoms with E-state index in [4.69, 9.17) is 4.74 Å². The van der Waals surface area contributed by atoms with Crippen LogP contribution in [0.25, 0.3) is 27.7 Å². The Bertz CT molecular complexity index is 1340. The fraction of sp³-hybridized carbons (Fsp3) is 0.250. The van der Waals surface area contributed by atoms with Gasteiger partial charge in [-0.05, 0) is 110 Å². The van der Waals surface area contributed by atoms with Crippen molar-refractivity contribution in [1.82, 2.24) is 9.47 Å². The minimum absolute atomic E-state index is 0.0474. The molecule has 1 saturated heterocycles. The van der Waals surface area contributed by atoms with Gasteiger partial charge in [-0.15, -0.1) is 0 Å². The number of ether oxygens (including phenoxy) is 1. The predicted molar refractivity (Wildman–Crippen MR) is 134 cm³/mol. The molecule has 1 aliphatic rings. The van der Waals surface area contributed by atoms with Gasteiger partial charge in [-0.2, -0.15) is 0 Å². The number of hydrogen-bond acceptors (Lipinski definition) is 5. The molecule has 34 heavy (non-hydrogen) atoms. The molecule has 0 radical (unpaired) electrons. The molecule has 174 valence electrons. The van der Waals surface area contributed by atoms with Crippen LogP contribution in [0.3, 0.4) is 0 Å². The molecule has 1 fully saturated rings. The lowest BCUT2D eigenvalue weighted by atomic mass is 10.1. The van der Waals surface area contributed by atoms with Crippen molar-refractivity contribution >= 4 is 10.8 Å². The molecule has 0 saturated carbocycles. The predicted octanol–water partition coefficient (Wildman–Crippen LogP) is 4.93. The number of benzene rings is 3. The molecular formula is C28H28N2O4. The average Bonchev–Trinajstić information content (AvgIpc) is 3.37. The summed E-state index contributed by atoms with van der Waals surface area (Å²) in [6, 6.07) is 21.0. The minimum atomic E-state index is -0.226. The summed E-state index contributed by atoms with van der Waals surface area (Å²) in [5.41, 5.74) is 1.97. The normalized spacial score (nSPS) is 14.0. The van der Waals surface area contributed by atoms with E-state index in [0.29, 0.717) is 23.4 Å². The number of aromatic hydroxyl groups is 2. The quantitative estimate of drug-likeness (QED) is 0.386. The molecule has 4 aromatic rings. The highest BCUT2D eigenvalue weighted by atomic mass is 16.5. The number of rotatable bonds is 7. The summed E-state index contributed by atoms with van der Waals surface area (Å²) in [5.74, 6) is 0.976. The van der Waals surface area contributed by atoms with Gasteiger partial charge in [-0.1, -0.05) is 6.07 Å². The van der Waals surface area contributed by atoms with Crippen LogP contribution in [0.1, 0.15) is 19.3 Å². The van der Waals surface area contributed by atoms with Crippen LogP contribution in [0.15, 0.2) is 77.6 Å². The van der Waals surface area contributed by atoms with Crippen LogP contribution in [0.2, 0.25) is 0 Å². The maximum Gasteiger partial charge on any atom is 0.263 e. The minimum Gasteiger partial charge on any atom is -0.508 e. The Morgan fingerprint density at radius 2 is 1.53 bits per heavy atom. The molecule has 0 atom stereocenters. The number of aromatic nitrogens is 1. The van der Waals surface area contributed by atoms with Crippen LogP contribution in [-0.4, -0.2) is 45.9 Å². The smallest absolute Gasteiger partial charge is 0.263 e. The van der Waals surface area contributed by atoms with Gasteiger partial charge < -0.3 is 19.8 Å². The third kappa shape index (κ3) is 4.63. The summed E-state index contributed by atoms with van der Waals surface area (Å²) in [7, 11) is 0. The first kappa shape index (κ1) is 22.0. The highest BCUT2D eigenvalue weighted by molar-refractivity contribution is 5.87. The van der Waals surface area contributed by atoms with Crippen molar-refractivity contribution in [1.29, 1.82) is 0 Å². The Morgan fingerprint density at radius 1 is 0.824 bits per heavy atom. The summed E-state index contributed by atoms with van der Waals surface area (Å²) in [6.07, 6.45) is 3.57. The van der Waals surface area contributed by atoms with E-state index in [0.717, 1.165) is 29.7 Å². The molecule has 0 unspecified atom stereocenters. The van der Waals surface area contributed by atoms with Crippen molar-refractivity contribution in [2.45, 2.75) is 19.3 Å². The number of fused-ring (bicyclic) bond motifs is 1. The van der Waals surface area contributed by atoms with Gasteiger partial charge in [0.2, 0.25) is 0 Å². The SMILES string of the molecule is O=c1c2cc(O)ccc2cc(-c2ccc(O)cc2)n1-c1ccc(OCCCN2CCCC2)cc1. The number of nitrogens with zero attached hydrogens (tertiary/aromatic N) is 2. The fourth-order valence-electron chi connectivity index (χ4n) is 4.57. The monoisotopic (exact) mass is 456 g/mol. The fourth-order valence-corrected chi connectivity index (χ4v) is 4.57. The molecule has 3 aromatic carbocycles. The molecule has 6 heteroatoms. The molecule has 2 N–H and O–H groups in total. The van der Waals surface area contributed by atoms with E-state index in [1.54, 1.807) is 41.0 Å². The first-order valence-corrected chi connectivity index (χ1v) is 11.7. The Labute approximate surface area is 198 Å². The van der Waals surface area contributed by atoms with Crippen LogP contribution in [-0.2, 0) is 0 Å². The van der Waals surface area contributed by atoms with E-state index in [9.17, 15) is 15.0 Å². The van der Waals surface area contributed by atoms with E-state index in [1.165, 1.54) is 32.0 Å². The van der Waals surface area contributed by atoms with E-state index >= 15 is 0 Å². The maximum atomic E-state index is 13.5. The summed E-state index contributed by atoms with van der Waals surface area (Å²) in [5, 5.41) is 20.8. The third-order valence-electron chi connectivity index (χ3n) is 6.35. The molecule has 1 aromatic heterocycles. The van der Waals surface area contributed by atoms with Gasteiger partial charge in [0.25, 0.3) is 5.56 Å². The van der Waals surface area contributed by atoms with Gasteiger partial charge in [0.1, 0.15) is 17.2 Å². The molecule has 2 heterocycles. The van der Waals surface area contributed by atoms with Crippen molar-refractivity contribution in [3.63, 3.8) is 0 Å². The topological polar surface area (TPSA) is 74.9 Å². The highest BCUT2D eigenvalue weighted by Gasteiger charge is 2.14. The van der Waals surface area contributed by atoms with Gasteiger partial charge in [0.05, 0.1) is 17.7 Å². The van der Waals surface area contributed by atoms with Gasteiger partial charge >= 0.3 is 0 Å². The van der Waals surface area contributed by atoms with Crippen LogP contribution >= 0.6 is 0 Å². The number of phenolic OH excluding ortho intramolecular Hbond substituents is 2. The second kappa shape index (κ2) is 9.61. The van der Waals surface area contributed by atoms with Crippen molar-refractivity contribution < 1.29 is 14.9 Å². The van der Waals surface area contributed by atoms with Gasteiger partial charge in [0, 0.05) is 12.2 Å². The first-order valence-electron chi connectivity index (χ1n) is 11.7. The van der Waals surface area contributed by atoms with E-state index in [-0.39, 0.29) is 17.1 Å².